The molecule has 7 nitrogen and oxygen atoms in total. The predicted molar refractivity (Wildman–Crippen MR) is 96.8 cm³/mol. The van der Waals surface area contributed by atoms with E-state index in [4.69, 9.17) is 9.47 Å². The number of carbonyl (C=O) groups excluding carboxylic acids is 1. The SMILES string of the molecule is COc1ccc(/C=C/C(=O)NCc2ccnc(N(C)C)n2)cc1OC. The highest BCUT2D eigenvalue weighted by atomic mass is 16.5. The van der Waals surface area contributed by atoms with Gasteiger partial charge in [-0.15, -0.1) is 0 Å². The highest BCUT2D eigenvalue weighted by molar-refractivity contribution is 5.91. The summed E-state index contributed by atoms with van der Waals surface area (Å²) < 4.78 is 10.4. The molecule has 0 radical (unpaired) electrons. The third kappa shape index (κ3) is 5.20. The monoisotopic (exact) mass is 342 g/mol. The first-order valence-electron chi connectivity index (χ1n) is 7.70. The number of benzene rings is 1. The summed E-state index contributed by atoms with van der Waals surface area (Å²) in [7, 11) is 6.88. The van der Waals surface area contributed by atoms with Gasteiger partial charge in [0.15, 0.2) is 11.5 Å². The van der Waals surface area contributed by atoms with Crippen LogP contribution in [0.5, 0.6) is 11.5 Å². The molecule has 1 aromatic carbocycles. The van der Waals surface area contributed by atoms with E-state index >= 15 is 0 Å². The van der Waals surface area contributed by atoms with Gasteiger partial charge < -0.3 is 19.7 Å². The number of nitrogens with one attached hydrogen (secondary N) is 1. The Labute approximate surface area is 147 Å². The van der Waals surface area contributed by atoms with Crippen LogP contribution in [0.15, 0.2) is 36.5 Å². The molecule has 0 saturated carbocycles. The van der Waals surface area contributed by atoms with Gasteiger partial charge in [0.25, 0.3) is 0 Å². The minimum atomic E-state index is -0.209. The molecule has 2 aromatic rings. The minimum absolute atomic E-state index is 0.209. The van der Waals surface area contributed by atoms with E-state index in [1.807, 2.05) is 25.1 Å². The highest BCUT2D eigenvalue weighted by Crippen LogP contribution is 2.27. The molecule has 1 N–H and O–H groups in total. The van der Waals surface area contributed by atoms with Crippen molar-refractivity contribution < 1.29 is 14.3 Å². The summed E-state index contributed by atoms with van der Waals surface area (Å²) in [5.74, 6) is 1.65. The summed E-state index contributed by atoms with van der Waals surface area (Å²) in [5, 5.41) is 2.80. The molecular formula is C18H22N4O3. The average molecular weight is 342 g/mol. The van der Waals surface area contributed by atoms with Crippen LogP contribution in [0, 0.1) is 0 Å². The number of aromatic nitrogens is 2. The summed E-state index contributed by atoms with van der Waals surface area (Å²) in [6.07, 6.45) is 4.85. The van der Waals surface area contributed by atoms with Crippen molar-refractivity contribution in [1.82, 2.24) is 15.3 Å². The van der Waals surface area contributed by atoms with E-state index in [1.165, 1.54) is 6.08 Å². The van der Waals surface area contributed by atoms with E-state index in [0.717, 1.165) is 11.3 Å². The molecule has 25 heavy (non-hydrogen) atoms. The van der Waals surface area contributed by atoms with Crippen LogP contribution in [-0.2, 0) is 11.3 Å². The lowest BCUT2D eigenvalue weighted by molar-refractivity contribution is -0.116. The fraction of sp³-hybridized carbons (Fsp3) is 0.278. The van der Waals surface area contributed by atoms with E-state index < -0.39 is 0 Å². The molecule has 1 aromatic heterocycles. The molecule has 0 atom stereocenters. The van der Waals surface area contributed by atoms with Crippen molar-refractivity contribution in [2.24, 2.45) is 0 Å². The zero-order valence-electron chi connectivity index (χ0n) is 14.8. The topological polar surface area (TPSA) is 76.6 Å². The van der Waals surface area contributed by atoms with Crippen molar-refractivity contribution in [2.75, 3.05) is 33.2 Å². The molecule has 0 aliphatic rings. The Balaban J connectivity index is 1.96. The Morgan fingerprint density at radius 2 is 1.96 bits per heavy atom. The quantitative estimate of drug-likeness (QED) is 0.775. The zero-order valence-corrected chi connectivity index (χ0v) is 14.8. The van der Waals surface area contributed by atoms with Crippen molar-refractivity contribution in [3.05, 3.63) is 47.8 Å². The second-order valence-corrected chi connectivity index (χ2v) is 5.41. The van der Waals surface area contributed by atoms with Crippen molar-refractivity contribution >= 4 is 17.9 Å². The molecule has 7 heteroatoms. The highest BCUT2D eigenvalue weighted by Gasteiger charge is 2.04. The van der Waals surface area contributed by atoms with Crippen molar-refractivity contribution in [1.29, 1.82) is 0 Å². The zero-order chi connectivity index (χ0) is 18.2. The first-order valence-corrected chi connectivity index (χ1v) is 7.70. The lowest BCUT2D eigenvalue weighted by Gasteiger charge is -2.10. The second kappa shape index (κ2) is 8.68. The maximum Gasteiger partial charge on any atom is 0.244 e. The molecule has 132 valence electrons. The Morgan fingerprint density at radius 1 is 1.20 bits per heavy atom. The number of ether oxygens (including phenoxy) is 2. The van der Waals surface area contributed by atoms with Crippen LogP contribution >= 0.6 is 0 Å². The van der Waals surface area contributed by atoms with Crippen LogP contribution in [-0.4, -0.2) is 44.2 Å². The molecule has 0 saturated heterocycles. The molecule has 0 aliphatic heterocycles. The lowest BCUT2D eigenvalue weighted by atomic mass is 10.2. The van der Waals surface area contributed by atoms with E-state index in [2.05, 4.69) is 15.3 Å². The first kappa shape index (κ1) is 18.3. The molecule has 0 aliphatic carbocycles. The van der Waals surface area contributed by atoms with Gasteiger partial charge in [-0.05, 0) is 29.8 Å². The van der Waals surface area contributed by atoms with E-state index in [-0.39, 0.29) is 5.91 Å². The lowest BCUT2D eigenvalue weighted by Crippen LogP contribution is -2.22. The fourth-order valence-corrected chi connectivity index (χ4v) is 2.06. The normalized spacial score (nSPS) is 10.6. The van der Waals surface area contributed by atoms with Gasteiger partial charge >= 0.3 is 0 Å². The fourth-order valence-electron chi connectivity index (χ4n) is 2.06. The Kier molecular flexibility index (Phi) is 6.33. The van der Waals surface area contributed by atoms with Gasteiger partial charge in [0.05, 0.1) is 26.5 Å². The standard InChI is InChI=1S/C18H22N4O3/c1-22(2)18-19-10-9-14(21-18)12-20-17(23)8-6-13-5-7-15(24-3)16(11-13)25-4/h5-11H,12H2,1-4H3,(H,20,23)/b8-6+. The van der Waals surface area contributed by atoms with Gasteiger partial charge in [0, 0.05) is 26.4 Å². The largest absolute Gasteiger partial charge is 0.493 e. The summed E-state index contributed by atoms with van der Waals surface area (Å²) in [4.78, 5) is 22.3. The summed E-state index contributed by atoms with van der Waals surface area (Å²) >= 11 is 0. The number of amides is 1. The van der Waals surface area contributed by atoms with Gasteiger partial charge in [0.1, 0.15) is 0 Å². The van der Waals surface area contributed by atoms with Crippen LogP contribution in [0.1, 0.15) is 11.3 Å². The van der Waals surface area contributed by atoms with Crippen LogP contribution < -0.4 is 19.7 Å². The number of hydrogen-bond donors (Lipinski definition) is 1. The maximum absolute atomic E-state index is 12.0. The number of carbonyl (C=O) groups is 1. The number of methoxy groups -OCH3 is 2. The molecular weight excluding hydrogens is 320 g/mol. The van der Waals surface area contributed by atoms with Gasteiger partial charge in [-0.25, -0.2) is 9.97 Å². The van der Waals surface area contributed by atoms with E-state index in [0.29, 0.717) is 24.0 Å². The molecule has 0 bridgehead atoms. The molecule has 1 amide bonds. The number of rotatable bonds is 7. The average Bonchev–Trinajstić information content (AvgIpc) is 2.64. The first-order chi connectivity index (χ1) is 12.0. The minimum Gasteiger partial charge on any atom is -0.493 e. The van der Waals surface area contributed by atoms with E-state index in [1.54, 1.807) is 44.7 Å². The van der Waals surface area contributed by atoms with Crippen LogP contribution in [0.3, 0.4) is 0 Å². The van der Waals surface area contributed by atoms with Crippen LogP contribution in [0.4, 0.5) is 5.95 Å². The maximum atomic E-state index is 12.0. The van der Waals surface area contributed by atoms with Crippen molar-refractivity contribution in [2.45, 2.75) is 6.54 Å². The Morgan fingerprint density at radius 3 is 2.64 bits per heavy atom. The number of nitrogens with zero attached hydrogens (tertiary/aromatic N) is 3. The molecule has 0 fully saturated rings. The molecule has 1 heterocycles. The van der Waals surface area contributed by atoms with Gasteiger partial charge in [-0.1, -0.05) is 6.07 Å². The second-order valence-electron chi connectivity index (χ2n) is 5.41. The molecule has 0 unspecified atom stereocenters. The summed E-state index contributed by atoms with van der Waals surface area (Å²) in [6, 6.07) is 7.21. The number of anilines is 1. The molecule has 2 rings (SSSR count). The smallest absolute Gasteiger partial charge is 0.244 e. The third-order valence-corrected chi connectivity index (χ3v) is 3.38. The summed E-state index contributed by atoms with van der Waals surface area (Å²) in [5.41, 5.74) is 1.58. The van der Waals surface area contributed by atoms with Crippen LogP contribution in [0.25, 0.3) is 6.08 Å². The predicted octanol–water partition coefficient (Wildman–Crippen LogP) is 1.89. The van der Waals surface area contributed by atoms with Crippen molar-refractivity contribution in [3.63, 3.8) is 0 Å². The van der Waals surface area contributed by atoms with Crippen LogP contribution in [0.2, 0.25) is 0 Å². The van der Waals surface area contributed by atoms with E-state index in [9.17, 15) is 4.79 Å². The Bertz CT molecular complexity index is 760. The molecule has 0 spiro atoms. The van der Waals surface area contributed by atoms with Crippen molar-refractivity contribution in [3.8, 4) is 11.5 Å². The number of hydrogen-bond acceptors (Lipinski definition) is 6. The van der Waals surface area contributed by atoms with Gasteiger partial charge in [0.2, 0.25) is 11.9 Å². The van der Waals surface area contributed by atoms with Gasteiger partial charge in [-0.2, -0.15) is 0 Å². The third-order valence-electron chi connectivity index (χ3n) is 3.38. The van der Waals surface area contributed by atoms with Gasteiger partial charge in [-0.3, -0.25) is 4.79 Å². The Hall–Kier alpha value is -3.09. The summed E-state index contributed by atoms with van der Waals surface area (Å²) in [6.45, 7) is 0.332.